The SMILES string of the molecule is Cn1c(=NC(=O)c2cc(Cl)cc(Cl)c2)sc2cccc(F)c21. The van der Waals surface area contributed by atoms with E-state index in [4.69, 9.17) is 23.2 Å². The van der Waals surface area contributed by atoms with Gasteiger partial charge < -0.3 is 4.57 Å². The Hall–Kier alpha value is -1.69. The molecule has 0 saturated heterocycles. The standard InChI is InChI=1S/C15H9Cl2FN2OS/c1-20-13-11(18)3-2-4-12(13)22-15(20)19-14(21)8-5-9(16)7-10(17)6-8/h2-7H,1H3. The Bertz CT molecular complexity index is 942. The summed E-state index contributed by atoms with van der Waals surface area (Å²) in [4.78, 5) is 16.7. The quantitative estimate of drug-likeness (QED) is 0.636. The summed E-state index contributed by atoms with van der Waals surface area (Å²) in [5, 5.41) is 0.718. The van der Waals surface area contributed by atoms with Gasteiger partial charge >= 0.3 is 0 Å². The van der Waals surface area contributed by atoms with Gasteiger partial charge in [-0.3, -0.25) is 4.79 Å². The highest BCUT2D eigenvalue weighted by atomic mass is 35.5. The van der Waals surface area contributed by atoms with E-state index in [9.17, 15) is 9.18 Å². The molecular formula is C15H9Cl2FN2OS. The molecule has 3 rings (SSSR count). The van der Waals surface area contributed by atoms with E-state index >= 15 is 0 Å². The van der Waals surface area contributed by atoms with Gasteiger partial charge in [-0.2, -0.15) is 4.99 Å². The lowest BCUT2D eigenvalue weighted by molar-refractivity contribution is 0.0998. The van der Waals surface area contributed by atoms with Crippen molar-refractivity contribution in [2.45, 2.75) is 0 Å². The number of para-hydroxylation sites is 1. The van der Waals surface area contributed by atoms with Crippen molar-refractivity contribution >= 4 is 50.7 Å². The number of halogens is 3. The molecule has 2 aromatic carbocycles. The van der Waals surface area contributed by atoms with E-state index in [0.717, 1.165) is 4.70 Å². The highest BCUT2D eigenvalue weighted by Gasteiger charge is 2.11. The number of nitrogens with zero attached hydrogens (tertiary/aromatic N) is 2. The summed E-state index contributed by atoms with van der Waals surface area (Å²) in [5.74, 6) is -0.831. The molecule has 0 bridgehead atoms. The first-order valence-corrected chi connectivity index (χ1v) is 7.82. The molecule has 1 amide bonds. The Morgan fingerprint density at radius 3 is 2.55 bits per heavy atom. The summed E-state index contributed by atoms with van der Waals surface area (Å²) < 4.78 is 16.1. The number of hydrogen-bond acceptors (Lipinski definition) is 2. The lowest BCUT2D eigenvalue weighted by Gasteiger charge is -1.99. The first-order chi connectivity index (χ1) is 10.5. The predicted molar refractivity (Wildman–Crippen MR) is 87.1 cm³/mol. The van der Waals surface area contributed by atoms with E-state index in [1.165, 1.54) is 35.6 Å². The third-order valence-corrected chi connectivity index (χ3v) is 4.61. The molecular weight excluding hydrogens is 346 g/mol. The molecule has 0 fully saturated rings. The van der Waals surface area contributed by atoms with Crippen LogP contribution in [-0.4, -0.2) is 10.5 Å². The van der Waals surface area contributed by atoms with Crippen molar-refractivity contribution in [1.82, 2.24) is 4.57 Å². The van der Waals surface area contributed by atoms with Gasteiger partial charge in [0.2, 0.25) is 0 Å². The second kappa shape index (κ2) is 5.83. The number of benzene rings is 2. The van der Waals surface area contributed by atoms with Gasteiger partial charge in [0.1, 0.15) is 5.82 Å². The van der Waals surface area contributed by atoms with Crippen molar-refractivity contribution < 1.29 is 9.18 Å². The van der Waals surface area contributed by atoms with E-state index in [-0.39, 0.29) is 11.4 Å². The molecule has 1 heterocycles. The van der Waals surface area contributed by atoms with Crippen LogP contribution in [-0.2, 0) is 7.05 Å². The highest BCUT2D eigenvalue weighted by Crippen LogP contribution is 2.21. The number of carbonyl (C=O) groups excluding carboxylic acids is 1. The van der Waals surface area contributed by atoms with Crippen LogP contribution >= 0.6 is 34.5 Å². The number of aromatic nitrogens is 1. The lowest BCUT2D eigenvalue weighted by atomic mass is 10.2. The van der Waals surface area contributed by atoms with Crippen molar-refractivity contribution in [2.75, 3.05) is 0 Å². The molecule has 0 radical (unpaired) electrons. The second-order valence-corrected chi connectivity index (χ2v) is 6.49. The molecule has 1 aromatic heterocycles. The van der Waals surface area contributed by atoms with Crippen LogP contribution in [0.5, 0.6) is 0 Å². The minimum absolute atomic E-state index is 0.287. The van der Waals surface area contributed by atoms with Crippen LogP contribution in [0.4, 0.5) is 4.39 Å². The molecule has 7 heteroatoms. The van der Waals surface area contributed by atoms with Crippen molar-refractivity contribution in [3.05, 3.63) is 62.6 Å². The van der Waals surface area contributed by atoms with Crippen LogP contribution in [0.3, 0.4) is 0 Å². The maximum absolute atomic E-state index is 13.9. The maximum atomic E-state index is 13.9. The highest BCUT2D eigenvalue weighted by molar-refractivity contribution is 7.16. The Balaban J connectivity index is 2.14. The van der Waals surface area contributed by atoms with Gasteiger partial charge in [0.15, 0.2) is 4.80 Å². The molecule has 0 saturated carbocycles. The zero-order valence-corrected chi connectivity index (χ0v) is 13.6. The summed E-state index contributed by atoms with van der Waals surface area (Å²) in [5.41, 5.74) is 0.707. The topological polar surface area (TPSA) is 34.4 Å². The van der Waals surface area contributed by atoms with Gasteiger partial charge in [0.25, 0.3) is 5.91 Å². The van der Waals surface area contributed by atoms with E-state index < -0.39 is 5.91 Å². The smallest absolute Gasteiger partial charge is 0.279 e. The zero-order valence-electron chi connectivity index (χ0n) is 11.3. The fourth-order valence-electron chi connectivity index (χ4n) is 2.09. The number of amides is 1. The van der Waals surface area contributed by atoms with Crippen molar-refractivity contribution in [2.24, 2.45) is 12.0 Å². The molecule has 0 aliphatic carbocycles. The Morgan fingerprint density at radius 2 is 1.91 bits per heavy atom. The normalized spacial score (nSPS) is 12.1. The van der Waals surface area contributed by atoms with E-state index in [2.05, 4.69) is 4.99 Å². The first-order valence-electron chi connectivity index (χ1n) is 6.25. The fraction of sp³-hybridized carbons (Fsp3) is 0.0667. The third kappa shape index (κ3) is 2.79. The van der Waals surface area contributed by atoms with Crippen LogP contribution in [0.15, 0.2) is 41.4 Å². The van der Waals surface area contributed by atoms with E-state index in [0.29, 0.717) is 20.4 Å². The minimum atomic E-state index is -0.480. The number of fused-ring (bicyclic) bond motifs is 1. The Morgan fingerprint density at radius 1 is 1.23 bits per heavy atom. The summed E-state index contributed by atoms with van der Waals surface area (Å²) in [6, 6.07) is 9.30. The molecule has 3 aromatic rings. The first kappa shape index (κ1) is 15.2. The van der Waals surface area contributed by atoms with Crippen LogP contribution in [0.1, 0.15) is 10.4 Å². The van der Waals surface area contributed by atoms with Gasteiger partial charge in [-0.25, -0.2) is 4.39 Å². The minimum Gasteiger partial charge on any atom is -0.317 e. The Kier molecular flexibility index (Phi) is 4.04. The molecule has 0 atom stereocenters. The van der Waals surface area contributed by atoms with Gasteiger partial charge in [-0.15, -0.1) is 0 Å². The number of carbonyl (C=O) groups is 1. The lowest BCUT2D eigenvalue weighted by Crippen LogP contribution is -2.13. The van der Waals surface area contributed by atoms with Crippen molar-refractivity contribution in [3.8, 4) is 0 Å². The van der Waals surface area contributed by atoms with Gasteiger partial charge in [-0.1, -0.05) is 40.6 Å². The molecule has 22 heavy (non-hydrogen) atoms. The molecule has 0 aliphatic rings. The number of thiazole rings is 1. The van der Waals surface area contributed by atoms with Gasteiger partial charge in [0, 0.05) is 22.7 Å². The van der Waals surface area contributed by atoms with Crippen LogP contribution in [0, 0.1) is 5.82 Å². The van der Waals surface area contributed by atoms with E-state index in [1.807, 2.05) is 0 Å². The van der Waals surface area contributed by atoms with E-state index in [1.54, 1.807) is 23.7 Å². The molecule has 0 N–H and O–H groups in total. The Labute approximate surface area is 139 Å². The number of rotatable bonds is 1. The van der Waals surface area contributed by atoms with Crippen molar-refractivity contribution in [1.29, 1.82) is 0 Å². The molecule has 112 valence electrons. The van der Waals surface area contributed by atoms with Crippen LogP contribution in [0.25, 0.3) is 10.2 Å². The van der Waals surface area contributed by atoms with Gasteiger partial charge in [-0.05, 0) is 30.3 Å². The second-order valence-electron chi connectivity index (χ2n) is 4.61. The van der Waals surface area contributed by atoms with Crippen molar-refractivity contribution in [3.63, 3.8) is 0 Å². The summed E-state index contributed by atoms with van der Waals surface area (Å²) in [7, 11) is 1.67. The maximum Gasteiger partial charge on any atom is 0.279 e. The fourth-order valence-corrected chi connectivity index (χ4v) is 3.65. The average Bonchev–Trinajstić information content (AvgIpc) is 2.75. The molecule has 0 spiro atoms. The van der Waals surface area contributed by atoms with Crippen LogP contribution < -0.4 is 4.80 Å². The number of aryl methyl sites for hydroxylation is 1. The van der Waals surface area contributed by atoms with Gasteiger partial charge in [0.05, 0.1) is 10.2 Å². The average molecular weight is 355 g/mol. The monoisotopic (exact) mass is 354 g/mol. The molecule has 0 aliphatic heterocycles. The predicted octanol–water partition coefficient (Wildman–Crippen LogP) is 4.43. The summed E-state index contributed by atoms with van der Waals surface area (Å²) in [6.45, 7) is 0. The van der Waals surface area contributed by atoms with Crippen LogP contribution in [0.2, 0.25) is 10.0 Å². The largest absolute Gasteiger partial charge is 0.317 e. The molecule has 3 nitrogen and oxygen atoms in total. The number of hydrogen-bond donors (Lipinski definition) is 0. The molecule has 0 unspecified atom stereocenters. The summed E-state index contributed by atoms with van der Waals surface area (Å²) >= 11 is 13.0. The summed E-state index contributed by atoms with van der Waals surface area (Å²) in [6.07, 6.45) is 0. The zero-order chi connectivity index (χ0) is 15.9. The third-order valence-electron chi connectivity index (χ3n) is 3.08.